The van der Waals surface area contributed by atoms with Gasteiger partial charge in [0.1, 0.15) is 32.2 Å². The van der Waals surface area contributed by atoms with Gasteiger partial charge in [0.25, 0.3) is 0 Å². The summed E-state index contributed by atoms with van der Waals surface area (Å²) in [5, 5.41) is 26.9. The number of thiol groups is 1. The van der Waals surface area contributed by atoms with Crippen molar-refractivity contribution in [3.05, 3.63) is 87.6 Å². The summed E-state index contributed by atoms with van der Waals surface area (Å²) in [6.07, 6.45) is 8.36. The molecule has 0 saturated heterocycles. The summed E-state index contributed by atoms with van der Waals surface area (Å²) in [6.45, 7) is 10.6. The maximum atomic E-state index is 9.68. The molecule has 2 rings (SSSR count). The zero-order chi connectivity index (χ0) is 27.6. The highest BCUT2D eigenvalue weighted by atomic mass is 35.5. The number of nitrogens with one attached hydrogen (secondary N) is 1. The van der Waals surface area contributed by atoms with E-state index in [4.69, 9.17) is 16.3 Å². The number of allylic oxidation sites excluding steroid dienone is 1. The summed E-state index contributed by atoms with van der Waals surface area (Å²) >= 11 is 10.5. The predicted octanol–water partition coefficient (Wildman–Crippen LogP) is 7.32. The molecule has 8 heteroatoms. The van der Waals surface area contributed by atoms with E-state index in [2.05, 4.69) is 75.2 Å². The zero-order valence-electron chi connectivity index (χ0n) is 22.5. The third-order valence-electron chi connectivity index (χ3n) is 5.91. The van der Waals surface area contributed by atoms with E-state index < -0.39 is 4.16 Å². The molecule has 1 unspecified atom stereocenters. The highest BCUT2D eigenvalue weighted by Gasteiger charge is 2.25. The highest BCUT2D eigenvalue weighted by Crippen LogP contribution is 2.36. The number of benzene rings is 2. The van der Waals surface area contributed by atoms with Gasteiger partial charge in [-0.25, -0.2) is 0 Å². The molecule has 0 aromatic heterocycles. The Morgan fingerprint density at radius 1 is 1.24 bits per heavy atom. The minimum Gasteiger partial charge on any atom is -0.489 e. The molecule has 0 aliphatic rings. The van der Waals surface area contributed by atoms with Crippen molar-refractivity contribution in [3.63, 3.8) is 0 Å². The molecule has 0 saturated carbocycles. The first-order valence-electron chi connectivity index (χ1n) is 12.4. The van der Waals surface area contributed by atoms with Crippen LogP contribution in [0.1, 0.15) is 69.7 Å². The average Bonchev–Trinajstić information content (AvgIpc) is 2.82. The number of halogens is 1. The number of nitrogens with zero attached hydrogens (tertiary/aromatic N) is 3. The van der Waals surface area contributed by atoms with Crippen molar-refractivity contribution in [2.24, 2.45) is 5.10 Å². The van der Waals surface area contributed by atoms with Crippen molar-refractivity contribution in [2.75, 3.05) is 13.7 Å². The van der Waals surface area contributed by atoms with Crippen molar-refractivity contribution < 1.29 is 14.1 Å². The number of amidine groups is 1. The van der Waals surface area contributed by atoms with E-state index >= 15 is 0 Å². The molecule has 0 fully saturated rings. The Hall–Kier alpha value is -2.76. The third-order valence-corrected chi connectivity index (χ3v) is 6.34. The van der Waals surface area contributed by atoms with Crippen LogP contribution in [0.15, 0.2) is 65.4 Å². The fourth-order valence-electron chi connectivity index (χ4n) is 3.92. The van der Waals surface area contributed by atoms with Crippen LogP contribution in [0.2, 0.25) is 5.02 Å². The topological polar surface area (TPSA) is 77.6 Å². The second-order valence-electron chi connectivity index (χ2n) is 9.50. The van der Waals surface area contributed by atoms with E-state index in [0.29, 0.717) is 23.0 Å². The molecule has 0 aliphatic heterocycles. The Morgan fingerprint density at radius 2 is 1.92 bits per heavy atom. The number of ether oxygens (including phenoxy) is 1. The largest absolute Gasteiger partial charge is 0.489 e. The molecular formula is C29H38ClN4O2S+. The van der Waals surface area contributed by atoms with Gasteiger partial charge in [0.05, 0.1) is 11.6 Å². The van der Waals surface area contributed by atoms with Crippen molar-refractivity contribution in [3.8, 4) is 11.8 Å². The molecule has 0 spiro atoms. The number of quaternary nitrogens is 1. The molecule has 37 heavy (non-hydrogen) atoms. The molecule has 0 heterocycles. The Morgan fingerprint density at radius 3 is 2.49 bits per heavy atom. The van der Waals surface area contributed by atoms with Crippen LogP contribution in [0.5, 0.6) is 5.75 Å². The summed E-state index contributed by atoms with van der Waals surface area (Å²) in [5.41, 5.74) is 4.34. The van der Waals surface area contributed by atoms with E-state index in [1.807, 2.05) is 30.3 Å². The molecule has 198 valence electrons. The van der Waals surface area contributed by atoms with Crippen LogP contribution in [-0.2, 0) is 11.8 Å². The lowest BCUT2D eigenvalue weighted by atomic mass is 9.77. The lowest BCUT2D eigenvalue weighted by molar-refractivity contribution is -0.979. The van der Waals surface area contributed by atoms with Crippen molar-refractivity contribution in [1.82, 2.24) is 5.32 Å². The first kappa shape index (κ1) is 30.5. The molecular weight excluding hydrogens is 504 g/mol. The molecule has 6 nitrogen and oxygen atoms in total. The summed E-state index contributed by atoms with van der Waals surface area (Å²) in [4.78, 5) is 0. The van der Waals surface area contributed by atoms with Crippen molar-refractivity contribution in [1.29, 1.82) is 5.26 Å². The molecule has 2 N–H and O–H groups in total. The lowest BCUT2D eigenvalue weighted by Gasteiger charge is -2.27. The minimum absolute atomic E-state index is 0.337. The number of nitriles is 1. The molecule has 0 radical (unpaired) electrons. The fraction of sp³-hybridized carbons (Fsp3) is 0.379. The molecule has 2 aromatic carbocycles. The van der Waals surface area contributed by atoms with Crippen LogP contribution in [-0.4, -0.2) is 28.9 Å². The smallest absolute Gasteiger partial charge is 0.164 e. The maximum absolute atomic E-state index is 9.68. The van der Waals surface area contributed by atoms with Crippen LogP contribution >= 0.6 is 24.4 Å². The summed E-state index contributed by atoms with van der Waals surface area (Å²) in [5.74, 6) is 1.28. The Balaban J connectivity index is 2.13. The van der Waals surface area contributed by atoms with E-state index in [1.54, 1.807) is 13.1 Å². The monoisotopic (exact) mass is 541 g/mol. The van der Waals surface area contributed by atoms with Gasteiger partial charge in [0.15, 0.2) is 5.84 Å². The van der Waals surface area contributed by atoms with Gasteiger partial charge >= 0.3 is 0 Å². The molecule has 2 aromatic rings. The average molecular weight is 542 g/mol. The number of rotatable bonds is 11. The normalized spacial score (nSPS) is 14.4. The first-order valence-corrected chi connectivity index (χ1v) is 13.2. The number of hydrogen-bond acceptors (Lipinski definition) is 5. The van der Waals surface area contributed by atoms with Gasteiger partial charge in [-0.15, -0.1) is 0 Å². The van der Waals surface area contributed by atoms with Crippen LogP contribution in [0, 0.1) is 11.3 Å². The van der Waals surface area contributed by atoms with Crippen LogP contribution in [0.25, 0.3) is 0 Å². The van der Waals surface area contributed by atoms with Crippen LogP contribution < -0.4 is 10.1 Å². The number of hydrogen-bond donors (Lipinski definition) is 3. The second-order valence-corrected chi connectivity index (χ2v) is 10.7. The predicted molar refractivity (Wildman–Crippen MR) is 155 cm³/mol. The van der Waals surface area contributed by atoms with Crippen molar-refractivity contribution in [2.45, 2.75) is 59.3 Å². The Labute approximate surface area is 232 Å². The van der Waals surface area contributed by atoms with Gasteiger partial charge in [-0.3, -0.25) is 0 Å². The van der Waals surface area contributed by atoms with Crippen LogP contribution in [0.4, 0.5) is 0 Å². The molecule has 0 amide bonds. The molecule has 1 atom stereocenters. The van der Waals surface area contributed by atoms with Crippen LogP contribution in [0.3, 0.4) is 0 Å². The Kier molecular flexibility index (Phi) is 11.3. The summed E-state index contributed by atoms with van der Waals surface area (Å²) < 4.78 is 5.24. The molecule has 0 aliphatic carbocycles. The zero-order valence-corrected chi connectivity index (χ0v) is 24.2. The van der Waals surface area contributed by atoms with Gasteiger partial charge in [0, 0.05) is 16.6 Å². The minimum atomic E-state index is -0.795. The van der Waals surface area contributed by atoms with E-state index in [1.165, 1.54) is 7.05 Å². The second kappa shape index (κ2) is 13.7. The van der Waals surface area contributed by atoms with E-state index in [0.717, 1.165) is 47.3 Å². The van der Waals surface area contributed by atoms with E-state index in [-0.39, 0.29) is 5.41 Å². The van der Waals surface area contributed by atoms with Gasteiger partial charge in [-0.2, -0.15) is 10.5 Å². The first-order chi connectivity index (χ1) is 17.4. The molecule has 0 bridgehead atoms. The summed E-state index contributed by atoms with van der Waals surface area (Å²) in [7, 11) is 1.43. The standard InChI is InChI=1S/C29H38ClN4O2S/c1-7-9-22(15-16-32-21(3)33-34(6,35)37)20-36-26-13-11-24(12-14-26)29(4,5)25-17-23(19-31)27(10-8-2)28(30)18-25/h9,11-18,35,37H,7-8,10,20H2,1-6H3,(H,32,33)/q+1/b16-15-,22-9-. The number of hydroxylamine groups is 1. The quantitative estimate of drug-likeness (QED) is 0.0695. The highest BCUT2D eigenvalue weighted by molar-refractivity contribution is 7.74. The fourth-order valence-corrected chi connectivity index (χ4v) is 4.37. The lowest BCUT2D eigenvalue weighted by Crippen LogP contribution is -2.27. The third kappa shape index (κ3) is 9.24. The van der Waals surface area contributed by atoms with Gasteiger partial charge in [-0.1, -0.05) is 63.9 Å². The maximum Gasteiger partial charge on any atom is 0.164 e. The Bertz CT molecular complexity index is 1190. The van der Waals surface area contributed by atoms with E-state index in [9.17, 15) is 10.5 Å². The van der Waals surface area contributed by atoms with Gasteiger partial charge < -0.3 is 10.1 Å². The SMILES string of the molecule is CC/C=C(/C=C\N/C(C)=N\[N+](C)(O)S)COc1ccc(C(C)(C)c2cc(Cl)c(CCC)c(C#N)c2)cc1. The van der Waals surface area contributed by atoms with Gasteiger partial charge in [-0.05, 0) is 81.6 Å². The summed E-state index contributed by atoms with van der Waals surface area (Å²) in [6, 6.07) is 14.3. The van der Waals surface area contributed by atoms with Gasteiger partial charge in [0.2, 0.25) is 0 Å². The van der Waals surface area contributed by atoms with Crippen molar-refractivity contribution >= 4 is 30.3 Å².